The van der Waals surface area contributed by atoms with Crippen LogP contribution in [-0.2, 0) is 14.3 Å². The second kappa shape index (κ2) is 6.80. The zero-order chi connectivity index (χ0) is 16.2. The summed E-state index contributed by atoms with van der Waals surface area (Å²) >= 11 is 3.32. The largest absolute Gasteiger partial charge is 0.465 e. The van der Waals surface area contributed by atoms with E-state index in [0.717, 1.165) is 0 Å². The average Bonchev–Trinajstić information content (AvgIpc) is 2.35. The second-order valence-corrected chi connectivity index (χ2v) is 6.17. The number of carbonyl (C=O) groups is 2. The molecule has 116 valence electrons. The summed E-state index contributed by atoms with van der Waals surface area (Å²) in [5, 5.41) is 2.87. The Balaban J connectivity index is 2.89. The fraction of sp³-hybridized carbons (Fsp3) is 0.429. The van der Waals surface area contributed by atoms with Gasteiger partial charge in [0.25, 0.3) is 0 Å². The maximum Gasteiger partial charge on any atom is 0.340 e. The fourth-order valence-corrected chi connectivity index (χ4v) is 2.08. The molecule has 0 fully saturated rings. The molecule has 0 aliphatic rings. The third-order valence-corrected chi connectivity index (χ3v) is 3.09. The molecular formula is C14H19BrN2O4. The van der Waals surface area contributed by atoms with Crippen molar-refractivity contribution in [3.63, 3.8) is 0 Å². The van der Waals surface area contributed by atoms with Gasteiger partial charge in [-0.15, -0.1) is 0 Å². The smallest absolute Gasteiger partial charge is 0.340 e. The van der Waals surface area contributed by atoms with Crippen molar-refractivity contribution in [2.45, 2.75) is 26.4 Å². The van der Waals surface area contributed by atoms with Gasteiger partial charge in [0.05, 0.1) is 24.0 Å². The van der Waals surface area contributed by atoms with E-state index in [1.807, 2.05) is 0 Å². The minimum atomic E-state index is -0.560. The lowest BCUT2D eigenvalue weighted by Gasteiger charge is -2.20. The zero-order valence-electron chi connectivity index (χ0n) is 12.5. The summed E-state index contributed by atoms with van der Waals surface area (Å²) in [5.41, 5.74) is 6.25. The van der Waals surface area contributed by atoms with E-state index < -0.39 is 17.5 Å². The standard InChI is InChI=1S/C14H19BrN2O4/c1-14(2,3)21-10(18)7-17-12-9(15)6-5-8(11(12)16)13(19)20-4/h5-6,17H,7,16H2,1-4H3. The Morgan fingerprint density at radius 1 is 1.33 bits per heavy atom. The molecule has 0 aliphatic heterocycles. The van der Waals surface area contributed by atoms with Gasteiger partial charge in [-0.1, -0.05) is 0 Å². The number of nitrogens with one attached hydrogen (secondary N) is 1. The van der Waals surface area contributed by atoms with E-state index in [1.54, 1.807) is 32.9 Å². The number of carbonyl (C=O) groups excluding carboxylic acids is 2. The monoisotopic (exact) mass is 358 g/mol. The molecule has 6 nitrogen and oxygen atoms in total. The van der Waals surface area contributed by atoms with E-state index in [4.69, 9.17) is 10.5 Å². The maximum atomic E-state index is 11.7. The van der Waals surface area contributed by atoms with Gasteiger partial charge in [0.1, 0.15) is 12.1 Å². The van der Waals surface area contributed by atoms with Crippen LogP contribution in [0.1, 0.15) is 31.1 Å². The number of rotatable bonds is 4. The molecule has 0 saturated carbocycles. The van der Waals surface area contributed by atoms with Crippen LogP contribution in [0.5, 0.6) is 0 Å². The van der Waals surface area contributed by atoms with E-state index in [-0.39, 0.29) is 17.8 Å². The summed E-state index contributed by atoms with van der Waals surface area (Å²) in [6.07, 6.45) is 0. The van der Waals surface area contributed by atoms with Gasteiger partial charge in [0.15, 0.2) is 0 Å². The van der Waals surface area contributed by atoms with Crippen molar-refractivity contribution in [2.24, 2.45) is 0 Å². The predicted octanol–water partition coefficient (Wildman–Crippen LogP) is 2.57. The Bertz CT molecular complexity index is 553. The molecule has 0 amide bonds. The lowest BCUT2D eigenvalue weighted by molar-refractivity contribution is -0.152. The molecule has 3 N–H and O–H groups in total. The van der Waals surface area contributed by atoms with Crippen molar-refractivity contribution >= 4 is 39.2 Å². The predicted molar refractivity (Wildman–Crippen MR) is 84.2 cm³/mol. The molecular weight excluding hydrogens is 340 g/mol. The summed E-state index contributed by atoms with van der Waals surface area (Å²) in [6.45, 7) is 5.29. The highest BCUT2D eigenvalue weighted by molar-refractivity contribution is 9.10. The Kier molecular flexibility index (Phi) is 5.60. The number of ether oxygens (including phenoxy) is 2. The van der Waals surface area contributed by atoms with Gasteiger partial charge < -0.3 is 20.5 Å². The number of hydrogen-bond acceptors (Lipinski definition) is 6. The molecule has 21 heavy (non-hydrogen) atoms. The molecule has 1 aromatic carbocycles. The van der Waals surface area contributed by atoms with Gasteiger partial charge >= 0.3 is 11.9 Å². The molecule has 0 atom stereocenters. The molecule has 0 bridgehead atoms. The second-order valence-electron chi connectivity index (χ2n) is 5.32. The molecule has 0 radical (unpaired) electrons. The van der Waals surface area contributed by atoms with Gasteiger partial charge in [0, 0.05) is 4.47 Å². The van der Waals surface area contributed by atoms with E-state index >= 15 is 0 Å². The zero-order valence-corrected chi connectivity index (χ0v) is 14.0. The highest BCUT2D eigenvalue weighted by Gasteiger charge is 2.19. The Hall–Kier alpha value is -1.76. The SMILES string of the molecule is COC(=O)c1ccc(Br)c(NCC(=O)OC(C)(C)C)c1N. The third kappa shape index (κ3) is 4.93. The van der Waals surface area contributed by atoms with Gasteiger partial charge in [-0.05, 0) is 48.8 Å². The normalized spacial score (nSPS) is 10.9. The van der Waals surface area contributed by atoms with Crippen molar-refractivity contribution in [1.29, 1.82) is 0 Å². The third-order valence-electron chi connectivity index (χ3n) is 2.43. The van der Waals surface area contributed by atoms with Crippen LogP contribution < -0.4 is 11.1 Å². The van der Waals surface area contributed by atoms with E-state index in [2.05, 4.69) is 26.0 Å². The van der Waals surface area contributed by atoms with Gasteiger partial charge in [-0.3, -0.25) is 4.79 Å². The number of esters is 2. The number of halogens is 1. The summed E-state index contributed by atoms with van der Waals surface area (Å²) in [5.74, 6) is -0.961. The van der Waals surface area contributed by atoms with Crippen LogP contribution in [0.15, 0.2) is 16.6 Å². The van der Waals surface area contributed by atoms with Gasteiger partial charge in [-0.25, -0.2) is 4.79 Å². The van der Waals surface area contributed by atoms with Crippen LogP contribution in [0.2, 0.25) is 0 Å². The van der Waals surface area contributed by atoms with E-state index in [9.17, 15) is 9.59 Å². The summed E-state index contributed by atoms with van der Waals surface area (Å²) in [6, 6.07) is 3.20. The summed E-state index contributed by atoms with van der Waals surface area (Å²) in [7, 11) is 1.28. The van der Waals surface area contributed by atoms with Crippen LogP contribution in [0, 0.1) is 0 Å². The molecule has 0 saturated heterocycles. The maximum absolute atomic E-state index is 11.7. The van der Waals surface area contributed by atoms with Crippen LogP contribution in [0.3, 0.4) is 0 Å². The number of methoxy groups -OCH3 is 1. The van der Waals surface area contributed by atoms with Crippen molar-refractivity contribution < 1.29 is 19.1 Å². The number of benzene rings is 1. The van der Waals surface area contributed by atoms with Crippen LogP contribution in [-0.4, -0.2) is 31.2 Å². The molecule has 0 heterocycles. The lowest BCUT2D eigenvalue weighted by atomic mass is 10.1. The van der Waals surface area contributed by atoms with Crippen molar-refractivity contribution in [2.75, 3.05) is 24.7 Å². The van der Waals surface area contributed by atoms with E-state index in [0.29, 0.717) is 10.2 Å². The first kappa shape index (κ1) is 17.3. The first-order chi connectivity index (χ1) is 9.65. The average molecular weight is 359 g/mol. The molecule has 0 aliphatic carbocycles. The molecule has 0 aromatic heterocycles. The lowest BCUT2D eigenvalue weighted by Crippen LogP contribution is -2.28. The Morgan fingerprint density at radius 2 is 1.95 bits per heavy atom. The Morgan fingerprint density at radius 3 is 2.48 bits per heavy atom. The molecule has 0 unspecified atom stereocenters. The molecule has 7 heteroatoms. The van der Waals surface area contributed by atoms with Crippen molar-refractivity contribution in [3.05, 3.63) is 22.2 Å². The number of nitrogen functional groups attached to an aromatic ring is 1. The summed E-state index contributed by atoms with van der Waals surface area (Å²) < 4.78 is 10.5. The fourth-order valence-electron chi connectivity index (χ4n) is 1.60. The van der Waals surface area contributed by atoms with Crippen molar-refractivity contribution in [1.82, 2.24) is 0 Å². The van der Waals surface area contributed by atoms with Crippen molar-refractivity contribution in [3.8, 4) is 0 Å². The first-order valence-corrected chi connectivity index (χ1v) is 7.07. The highest BCUT2D eigenvalue weighted by Crippen LogP contribution is 2.32. The van der Waals surface area contributed by atoms with Crippen LogP contribution >= 0.6 is 15.9 Å². The number of nitrogens with two attached hydrogens (primary N) is 1. The first-order valence-electron chi connectivity index (χ1n) is 6.27. The van der Waals surface area contributed by atoms with Crippen LogP contribution in [0.25, 0.3) is 0 Å². The molecule has 1 aromatic rings. The molecule has 1 rings (SSSR count). The Labute approximate surface area is 132 Å². The highest BCUT2D eigenvalue weighted by atomic mass is 79.9. The number of anilines is 2. The summed E-state index contributed by atoms with van der Waals surface area (Å²) in [4.78, 5) is 23.3. The van der Waals surface area contributed by atoms with Gasteiger partial charge in [-0.2, -0.15) is 0 Å². The van der Waals surface area contributed by atoms with Crippen LogP contribution in [0.4, 0.5) is 11.4 Å². The minimum Gasteiger partial charge on any atom is -0.465 e. The number of hydrogen-bond donors (Lipinski definition) is 2. The topological polar surface area (TPSA) is 90.6 Å². The quantitative estimate of drug-likeness (QED) is 0.634. The van der Waals surface area contributed by atoms with Gasteiger partial charge in [0.2, 0.25) is 0 Å². The minimum absolute atomic E-state index is 0.0648. The van der Waals surface area contributed by atoms with E-state index in [1.165, 1.54) is 7.11 Å². The molecule has 0 spiro atoms.